The van der Waals surface area contributed by atoms with Gasteiger partial charge in [-0.3, -0.25) is 4.79 Å². The Balaban J connectivity index is 2.92. The van der Waals surface area contributed by atoms with Crippen molar-refractivity contribution in [1.82, 2.24) is 5.32 Å². The Labute approximate surface area is 95.6 Å². The number of amides is 1. The lowest BCUT2D eigenvalue weighted by atomic mass is 10.00. The number of aryl methyl sites for hydroxylation is 2. The van der Waals surface area contributed by atoms with Crippen molar-refractivity contribution in [2.24, 2.45) is 0 Å². The third kappa shape index (κ3) is 3.24. The Morgan fingerprint density at radius 1 is 1.33 bits per heavy atom. The Kier molecular flexibility index (Phi) is 4.15. The number of hydrogen-bond acceptors (Lipinski definition) is 1. The molecule has 3 heteroatoms. The average Bonchev–Trinajstić information content (AvgIpc) is 2.15. The molecular weight excluding hydrogens is 210 g/mol. The van der Waals surface area contributed by atoms with Crippen LogP contribution in [0.5, 0.6) is 0 Å². The highest BCUT2D eigenvalue weighted by Crippen LogP contribution is 2.17. The monoisotopic (exact) mass is 225 g/mol. The molecule has 1 rings (SSSR count). The maximum Gasteiger partial charge on any atom is 0.217 e. The molecule has 1 aromatic rings. The van der Waals surface area contributed by atoms with E-state index in [-0.39, 0.29) is 5.91 Å². The molecule has 0 saturated heterocycles. The van der Waals surface area contributed by atoms with Crippen molar-refractivity contribution < 1.29 is 4.79 Å². The van der Waals surface area contributed by atoms with Gasteiger partial charge in [0, 0.05) is 19.3 Å². The quantitative estimate of drug-likeness (QED) is 0.788. The summed E-state index contributed by atoms with van der Waals surface area (Å²) in [6.45, 7) is 6.20. The first-order valence-electron chi connectivity index (χ1n) is 4.94. The summed E-state index contributed by atoms with van der Waals surface area (Å²) in [5, 5.41) is 2.81. The van der Waals surface area contributed by atoms with E-state index in [1.54, 1.807) is 0 Å². The minimum absolute atomic E-state index is 0.00443. The second-order valence-corrected chi connectivity index (χ2v) is 4.02. The van der Waals surface area contributed by atoms with Gasteiger partial charge in [-0.1, -0.05) is 12.1 Å². The lowest BCUT2D eigenvalue weighted by Crippen LogP contribution is -2.20. The summed E-state index contributed by atoms with van der Waals surface area (Å²) in [7, 11) is 0. The van der Waals surface area contributed by atoms with Crippen molar-refractivity contribution in [2.45, 2.75) is 33.2 Å². The summed E-state index contributed by atoms with van der Waals surface area (Å²) >= 11 is 5.78. The highest BCUT2D eigenvalue weighted by atomic mass is 35.5. The fourth-order valence-electron chi connectivity index (χ4n) is 1.65. The summed E-state index contributed by atoms with van der Waals surface area (Å²) in [4.78, 5) is 10.8. The minimum atomic E-state index is -0.00443. The van der Waals surface area contributed by atoms with Gasteiger partial charge in [-0.2, -0.15) is 0 Å². The van der Waals surface area contributed by atoms with E-state index < -0.39 is 0 Å². The van der Waals surface area contributed by atoms with E-state index in [0.717, 1.165) is 5.56 Å². The molecule has 0 saturated carbocycles. The predicted molar refractivity (Wildman–Crippen MR) is 63.0 cm³/mol. The van der Waals surface area contributed by atoms with Crippen LogP contribution in [0.2, 0.25) is 0 Å². The summed E-state index contributed by atoms with van der Waals surface area (Å²) in [5.74, 6) is 0.525. The molecule has 2 nitrogen and oxygen atoms in total. The Morgan fingerprint density at radius 3 is 2.27 bits per heavy atom. The van der Waals surface area contributed by atoms with Crippen molar-refractivity contribution in [3.05, 3.63) is 34.4 Å². The van der Waals surface area contributed by atoms with Crippen LogP contribution in [-0.4, -0.2) is 5.91 Å². The number of rotatable bonds is 3. The number of halogens is 1. The van der Waals surface area contributed by atoms with Crippen LogP contribution in [-0.2, 0) is 17.2 Å². The van der Waals surface area contributed by atoms with Crippen LogP contribution in [0.15, 0.2) is 12.1 Å². The molecular formula is C12H16ClNO. The molecule has 0 heterocycles. The van der Waals surface area contributed by atoms with Crippen LogP contribution >= 0.6 is 11.6 Å². The van der Waals surface area contributed by atoms with E-state index in [4.69, 9.17) is 11.6 Å². The topological polar surface area (TPSA) is 29.1 Å². The van der Waals surface area contributed by atoms with Crippen molar-refractivity contribution >= 4 is 17.5 Å². The third-order valence-electron chi connectivity index (χ3n) is 2.42. The van der Waals surface area contributed by atoms with Crippen LogP contribution in [0.1, 0.15) is 29.2 Å². The zero-order valence-electron chi connectivity index (χ0n) is 9.36. The molecule has 15 heavy (non-hydrogen) atoms. The number of nitrogens with one attached hydrogen (secondary N) is 1. The maximum absolute atomic E-state index is 10.8. The molecule has 0 atom stereocenters. The van der Waals surface area contributed by atoms with Gasteiger partial charge in [-0.15, -0.1) is 11.6 Å². The molecule has 0 fully saturated rings. The number of alkyl halides is 1. The van der Waals surface area contributed by atoms with Gasteiger partial charge in [-0.05, 0) is 36.1 Å². The van der Waals surface area contributed by atoms with Crippen LogP contribution < -0.4 is 5.32 Å². The summed E-state index contributed by atoms with van der Waals surface area (Å²) < 4.78 is 0. The van der Waals surface area contributed by atoms with E-state index >= 15 is 0 Å². The molecule has 82 valence electrons. The van der Waals surface area contributed by atoms with E-state index in [9.17, 15) is 4.79 Å². The first-order valence-corrected chi connectivity index (χ1v) is 5.47. The van der Waals surface area contributed by atoms with Gasteiger partial charge in [0.25, 0.3) is 0 Å². The molecule has 1 aromatic carbocycles. The maximum atomic E-state index is 10.8. The van der Waals surface area contributed by atoms with Crippen molar-refractivity contribution in [3.8, 4) is 0 Å². The van der Waals surface area contributed by atoms with Crippen molar-refractivity contribution in [1.29, 1.82) is 0 Å². The molecule has 0 radical (unpaired) electrons. The fraction of sp³-hybridized carbons (Fsp3) is 0.417. The van der Waals surface area contributed by atoms with Gasteiger partial charge in [-0.25, -0.2) is 0 Å². The average molecular weight is 226 g/mol. The molecule has 0 aliphatic heterocycles. The number of carbonyl (C=O) groups is 1. The molecule has 0 unspecified atom stereocenters. The lowest BCUT2D eigenvalue weighted by Gasteiger charge is -2.12. The van der Waals surface area contributed by atoms with Gasteiger partial charge >= 0.3 is 0 Å². The highest BCUT2D eigenvalue weighted by molar-refractivity contribution is 6.17. The standard InChI is InChI=1S/C12H16ClNO/c1-8-4-11(6-13)5-9(2)12(8)7-14-10(3)15/h4-5H,6-7H2,1-3H3,(H,14,15). The second-order valence-electron chi connectivity index (χ2n) is 3.75. The van der Waals surface area contributed by atoms with Gasteiger partial charge in [0.05, 0.1) is 0 Å². The second kappa shape index (κ2) is 5.17. The van der Waals surface area contributed by atoms with Crippen molar-refractivity contribution in [2.75, 3.05) is 0 Å². The van der Waals surface area contributed by atoms with Crippen molar-refractivity contribution in [3.63, 3.8) is 0 Å². The van der Waals surface area contributed by atoms with E-state index in [1.165, 1.54) is 23.6 Å². The molecule has 0 spiro atoms. The van der Waals surface area contributed by atoms with E-state index in [2.05, 4.69) is 17.4 Å². The molecule has 1 amide bonds. The number of hydrogen-bond donors (Lipinski definition) is 1. The van der Waals surface area contributed by atoms with Gasteiger partial charge in [0.1, 0.15) is 0 Å². The zero-order valence-corrected chi connectivity index (χ0v) is 10.1. The third-order valence-corrected chi connectivity index (χ3v) is 2.73. The molecule has 0 bridgehead atoms. The van der Waals surface area contributed by atoms with Crippen LogP contribution in [0.3, 0.4) is 0 Å². The summed E-state index contributed by atoms with van der Waals surface area (Å²) in [6.07, 6.45) is 0. The Hall–Kier alpha value is -1.02. The first-order chi connectivity index (χ1) is 7.04. The molecule has 0 aromatic heterocycles. The minimum Gasteiger partial charge on any atom is -0.352 e. The van der Waals surface area contributed by atoms with E-state index in [0.29, 0.717) is 12.4 Å². The Morgan fingerprint density at radius 2 is 1.87 bits per heavy atom. The SMILES string of the molecule is CC(=O)NCc1c(C)cc(CCl)cc1C. The highest BCUT2D eigenvalue weighted by Gasteiger charge is 2.05. The van der Waals surface area contributed by atoms with Crippen LogP contribution in [0, 0.1) is 13.8 Å². The van der Waals surface area contributed by atoms with Gasteiger partial charge in [0.15, 0.2) is 0 Å². The van der Waals surface area contributed by atoms with Crippen LogP contribution in [0.25, 0.3) is 0 Å². The molecule has 1 N–H and O–H groups in total. The zero-order chi connectivity index (χ0) is 11.4. The van der Waals surface area contributed by atoms with Crippen LogP contribution in [0.4, 0.5) is 0 Å². The fourth-order valence-corrected chi connectivity index (χ4v) is 1.81. The predicted octanol–water partition coefficient (Wildman–Crippen LogP) is 2.68. The lowest BCUT2D eigenvalue weighted by molar-refractivity contribution is -0.119. The summed E-state index contributed by atoms with van der Waals surface area (Å²) in [5.41, 5.74) is 4.66. The largest absolute Gasteiger partial charge is 0.352 e. The normalized spacial score (nSPS) is 10.1. The number of carbonyl (C=O) groups excluding carboxylic acids is 1. The van der Waals surface area contributed by atoms with E-state index in [1.807, 2.05) is 13.8 Å². The first kappa shape index (κ1) is 12.1. The smallest absolute Gasteiger partial charge is 0.217 e. The Bertz CT molecular complexity index is 351. The van der Waals surface area contributed by atoms with Gasteiger partial charge < -0.3 is 5.32 Å². The molecule has 0 aliphatic rings. The van der Waals surface area contributed by atoms with Gasteiger partial charge in [0.2, 0.25) is 5.91 Å². The molecule has 0 aliphatic carbocycles. The summed E-state index contributed by atoms with van der Waals surface area (Å²) in [6, 6.07) is 4.13. The number of benzene rings is 1.